The van der Waals surface area contributed by atoms with Crippen molar-refractivity contribution in [3.8, 4) is 0 Å². The van der Waals surface area contributed by atoms with Crippen molar-refractivity contribution in [1.82, 2.24) is 4.31 Å². The highest BCUT2D eigenvalue weighted by Gasteiger charge is 2.24. The van der Waals surface area contributed by atoms with E-state index in [9.17, 15) is 13.2 Å². The summed E-state index contributed by atoms with van der Waals surface area (Å²) in [4.78, 5) is 10.8. The highest BCUT2D eigenvalue weighted by atomic mass is 35.5. The van der Waals surface area contributed by atoms with Crippen LogP contribution in [0, 0.1) is 0 Å². The molecule has 0 aromatic heterocycles. The predicted molar refractivity (Wildman–Crippen MR) is 76.4 cm³/mol. The molecule has 1 aliphatic rings. The van der Waals surface area contributed by atoms with E-state index in [-0.39, 0.29) is 16.3 Å². The average molecular weight is 319 g/mol. The molecule has 2 rings (SSSR count). The van der Waals surface area contributed by atoms with Crippen LogP contribution < -0.4 is 4.72 Å². The molecule has 0 bridgehead atoms. The van der Waals surface area contributed by atoms with Gasteiger partial charge in [0, 0.05) is 13.1 Å². The van der Waals surface area contributed by atoms with E-state index in [1.54, 1.807) is 0 Å². The molecule has 0 aliphatic carbocycles. The second-order valence-electron chi connectivity index (χ2n) is 4.57. The van der Waals surface area contributed by atoms with Gasteiger partial charge in [0.25, 0.3) is 0 Å². The van der Waals surface area contributed by atoms with E-state index in [4.69, 9.17) is 16.7 Å². The molecule has 1 fully saturated rings. The lowest BCUT2D eigenvalue weighted by atomic mass is 10.2. The number of benzene rings is 1. The van der Waals surface area contributed by atoms with Crippen LogP contribution in [0.3, 0.4) is 0 Å². The maximum atomic E-state index is 12.2. The molecule has 1 aromatic carbocycles. The Morgan fingerprint density at radius 3 is 2.45 bits per heavy atom. The molecule has 2 N–H and O–H groups in total. The van der Waals surface area contributed by atoms with Crippen molar-refractivity contribution < 1.29 is 18.3 Å². The van der Waals surface area contributed by atoms with Crippen LogP contribution in [0.1, 0.15) is 29.6 Å². The van der Waals surface area contributed by atoms with Crippen LogP contribution in [0.2, 0.25) is 5.02 Å². The summed E-state index contributed by atoms with van der Waals surface area (Å²) in [5.41, 5.74) is 0.193. The normalized spacial score (nSPS) is 16.9. The van der Waals surface area contributed by atoms with Gasteiger partial charge in [-0.1, -0.05) is 18.0 Å². The zero-order valence-electron chi connectivity index (χ0n) is 10.7. The van der Waals surface area contributed by atoms with Crippen LogP contribution in [0.5, 0.6) is 0 Å². The molecule has 20 heavy (non-hydrogen) atoms. The Bertz CT molecular complexity index is 612. The van der Waals surface area contributed by atoms with Gasteiger partial charge in [0.1, 0.15) is 0 Å². The molecular formula is C12H15ClN2O4S. The Kier molecular flexibility index (Phi) is 4.52. The van der Waals surface area contributed by atoms with E-state index in [2.05, 4.69) is 4.72 Å². The van der Waals surface area contributed by atoms with Gasteiger partial charge >= 0.3 is 16.2 Å². The number of hydrogen-bond acceptors (Lipinski definition) is 3. The zero-order valence-corrected chi connectivity index (χ0v) is 12.2. The standard InChI is InChI=1S/C12H15ClN2O4S/c13-10-8-9(12(16)17)4-5-11(10)14-20(18,19)15-6-2-1-3-7-15/h4-5,8,14H,1-3,6-7H2,(H,16,17). The molecule has 1 saturated heterocycles. The third-order valence-corrected chi connectivity index (χ3v) is 4.95. The van der Waals surface area contributed by atoms with Gasteiger partial charge in [0.2, 0.25) is 0 Å². The minimum Gasteiger partial charge on any atom is -0.478 e. The number of aromatic carboxylic acids is 1. The van der Waals surface area contributed by atoms with E-state index >= 15 is 0 Å². The number of carboxylic acids is 1. The molecule has 0 unspecified atom stereocenters. The molecule has 8 heteroatoms. The van der Waals surface area contributed by atoms with E-state index in [1.807, 2.05) is 0 Å². The average Bonchev–Trinajstić information content (AvgIpc) is 2.41. The fourth-order valence-electron chi connectivity index (χ4n) is 2.04. The maximum absolute atomic E-state index is 12.2. The number of rotatable bonds is 4. The number of carbonyl (C=O) groups is 1. The van der Waals surface area contributed by atoms with E-state index in [1.165, 1.54) is 22.5 Å². The molecule has 0 saturated carbocycles. The number of carboxylic acid groups (broad SMARTS) is 1. The molecule has 0 radical (unpaired) electrons. The topological polar surface area (TPSA) is 86.7 Å². The van der Waals surface area contributed by atoms with E-state index < -0.39 is 16.2 Å². The van der Waals surface area contributed by atoms with Gasteiger partial charge < -0.3 is 5.11 Å². The van der Waals surface area contributed by atoms with Crippen LogP contribution >= 0.6 is 11.6 Å². The lowest BCUT2D eigenvalue weighted by Crippen LogP contribution is -2.39. The summed E-state index contributed by atoms with van der Waals surface area (Å²) in [6.45, 7) is 0.973. The van der Waals surface area contributed by atoms with Crippen molar-refractivity contribution in [2.75, 3.05) is 17.8 Å². The summed E-state index contributed by atoms with van der Waals surface area (Å²) >= 11 is 5.91. The van der Waals surface area contributed by atoms with Crippen molar-refractivity contribution in [3.05, 3.63) is 28.8 Å². The summed E-state index contributed by atoms with van der Waals surface area (Å²) in [6.07, 6.45) is 2.71. The summed E-state index contributed by atoms with van der Waals surface area (Å²) < 4.78 is 28.1. The van der Waals surface area contributed by atoms with Crippen molar-refractivity contribution in [3.63, 3.8) is 0 Å². The fourth-order valence-corrected chi connectivity index (χ4v) is 3.65. The van der Waals surface area contributed by atoms with Crippen molar-refractivity contribution in [2.24, 2.45) is 0 Å². The van der Waals surface area contributed by atoms with Gasteiger partial charge in [-0.2, -0.15) is 12.7 Å². The van der Waals surface area contributed by atoms with E-state index in [0.29, 0.717) is 13.1 Å². The first kappa shape index (κ1) is 15.1. The quantitative estimate of drug-likeness (QED) is 0.890. The lowest BCUT2D eigenvalue weighted by molar-refractivity contribution is 0.0697. The molecular weight excluding hydrogens is 304 g/mol. The summed E-state index contributed by atoms with van der Waals surface area (Å²) in [6, 6.07) is 3.88. The molecule has 6 nitrogen and oxygen atoms in total. The monoisotopic (exact) mass is 318 g/mol. The number of piperidine rings is 1. The fraction of sp³-hybridized carbons (Fsp3) is 0.417. The van der Waals surface area contributed by atoms with Gasteiger partial charge in [-0.25, -0.2) is 4.79 Å². The zero-order chi connectivity index (χ0) is 14.8. The molecule has 0 amide bonds. The first-order chi connectivity index (χ1) is 9.40. The second kappa shape index (κ2) is 5.99. The molecule has 1 aromatic rings. The number of halogens is 1. The molecule has 0 atom stereocenters. The third kappa shape index (κ3) is 3.41. The number of anilines is 1. The smallest absolute Gasteiger partial charge is 0.335 e. The first-order valence-electron chi connectivity index (χ1n) is 6.21. The highest BCUT2D eigenvalue weighted by molar-refractivity contribution is 7.90. The Morgan fingerprint density at radius 2 is 1.90 bits per heavy atom. The summed E-state index contributed by atoms with van der Waals surface area (Å²) in [5, 5.41) is 8.89. The number of nitrogens with zero attached hydrogens (tertiary/aromatic N) is 1. The summed E-state index contributed by atoms with van der Waals surface area (Å²) in [5.74, 6) is -1.11. The Morgan fingerprint density at radius 1 is 1.25 bits per heavy atom. The largest absolute Gasteiger partial charge is 0.478 e. The van der Waals surface area contributed by atoms with Gasteiger partial charge in [-0.3, -0.25) is 4.72 Å². The van der Waals surface area contributed by atoms with E-state index in [0.717, 1.165) is 19.3 Å². The molecule has 1 aliphatic heterocycles. The summed E-state index contributed by atoms with van der Waals surface area (Å²) in [7, 11) is -3.64. The highest BCUT2D eigenvalue weighted by Crippen LogP contribution is 2.25. The van der Waals surface area contributed by atoms with Gasteiger partial charge in [0.15, 0.2) is 0 Å². The van der Waals surface area contributed by atoms with Crippen molar-refractivity contribution >= 4 is 33.5 Å². The maximum Gasteiger partial charge on any atom is 0.335 e. The van der Waals surface area contributed by atoms with Crippen LogP contribution in [0.15, 0.2) is 18.2 Å². The van der Waals surface area contributed by atoms with Crippen LogP contribution in [-0.4, -0.2) is 36.9 Å². The number of hydrogen-bond donors (Lipinski definition) is 2. The van der Waals surface area contributed by atoms with Gasteiger partial charge in [0.05, 0.1) is 16.3 Å². The van der Waals surface area contributed by atoms with Crippen molar-refractivity contribution in [1.29, 1.82) is 0 Å². The molecule has 0 spiro atoms. The number of nitrogens with one attached hydrogen (secondary N) is 1. The minimum absolute atomic E-state index is 0.0101. The molecule has 1 heterocycles. The van der Waals surface area contributed by atoms with Crippen LogP contribution in [0.4, 0.5) is 5.69 Å². The van der Waals surface area contributed by atoms with Gasteiger partial charge in [-0.15, -0.1) is 0 Å². The Balaban J connectivity index is 2.18. The Labute approximate surface area is 122 Å². The predicted octanol–water partition coefficient (Wildman–Crippen LogP) is 2.18. The minimum atomic E-state index is -3.64. The Hall–Kier alpha value is -1.31. The SMILES string of the molecule is O=C(O)c1ccc(NS(=O)(=O)N2CCCCC2)c(Cl)c1. The van der Waals surface area contributed by atoms with Crippen LogP contribution in [-0.2, 0) is 10.2 Å². The van der Waals surface area contributed by atoms with Crippen LogP contribution in [0.25, 0.3) is 0 Å². The first-order valence-corrected chi connectivity index (χ1v) is 8.03. The second-order valence-corrected chi connectivity index (χ2v) is 6.64. The lowest BCUT2D eigenvalue weighted by Gasteiger charge is -2.26. The van der Waals surface area contributed by atoms with Gasteiger partial charge in [-0.05, 0) is 31.0 Å². The third-order valence-electron chi connectivity index (χ3n) is 3.11. The molecule has 110 valence electrons. The van der Waals surface area contributed by atoms with Crippen molar-refractivity contribution in [2.45, 2.75) is 19.3 Å².